The quantitative estimate of drug-likeness (QED) is 0.0346. The lowest BCUT2D eigenvalue weighted by molar-refractivity contribution is -0.163. The lowest BCUT2D eigenvalue weighted by Gasteiger charge is -2.18. The van der Waals surface area contributed by atoms with Crippen LogP contribution in [-0.4, -0.2) is 37.9 Å². The summed E-state index contributed by atoms with van der Waals surface area (Å²) in [5.74, 6) is -0.416. The lowest BCUT2D eigenvalue weighted by Crippen LogP contribution is -2.30. The molecule has 5 heteroatoms. The Kier molecular flexibility index (Phi) is 52.9. The number of esters is 2. The van der Waals surface area contributed by atoms with E-state index in [1.54, 1.807) is 0 Å². The molecule has 0 bridgehead atoms. The molecule has 0 aromatic heterocycles. The molecule has 0 aliphatic heterocycles. The zero-order valence-corrected chi connectivity index (χ0v) is 42.8. The van der Waals surface area contributed by atoms with Crippen molar-refractivity contribution in [2.45, 2.75) is 284 Å². The lowest BCUT2D eigenvalue weighted by atomic mass is 10.1. The molecule has 0 aliphatic carbocycles. The molecule has 1 atom stereocenters. The van der Waals surface area contributed by atoms with Gasteiger partial charge in [0, 0.05) is 19.4 Å². The summed E-state index contributed by atoms with van der Waals surface area (Å²) >= 11 is 0. The third-order valence-corrected chi connectivity index (χ3v) is 12.0. The van der Waals surface area contributed by atoms with Crippen molar-refractivity contribution in [2.75, 3.05) is 19.8 Å². The van der Waals surface area contributed by atoms with Gasteiger partial charge in [-0.05, 0) is 103 Å². The number of rotatable bonds is 51. The molecule has 0 aliphatic rings. The maximum atomic E-state index is 12.8. The minimum atomic E-state index is -0.551. The molecule has 1 unspecified atom stereocenters. The van der Waals surface area contributed by atoms with E-state index in [9.17, 15) is 9.59 Å². The summed E-state index contributed by atoms with van der Waals surface area (Å²) < 4.78 is 17.4. The molecule has 5 nitrogen and oxygen atoms in total. The second-order valence-corrected chi connectivity index (χ2v) is 18.4. The van der Waals surface area contributed by atoms with Crippen LogP contribution in [0.4, 0.5) is 0 Å². The van der Waals surface area contributed by atoms with Gasteiger partial charge in [-0.2, -0.15) is 0 Å². The normalized spacial score (nSPS) is 12.6. The topological polar surface area (TPSA) is 61.8 Å². The van der Waals surface area contributed by atoms with Crippen LogP contribution in [0.3, 0.4) is 0 Å². The molecule has 0 heterocycles. The Balaban J connectivity index is 4.30. The molecule has 0 aromatic rings. The van der Waals surface area contributed by atoms with Crippen LogP contribution < -0.4 is 0 Å². The highest BCUT2D eigenvalue weighted by atomic mass is 16.6. The SMILES string of the molecule is CC/C=C\C/C=C\C/C=C\CCCCCCCC(=O)OC(COCCCCCCCC/C=C\CCCCCCCC)COC(=O)CCCCCCCCC/C=C\CCCCCCCC. The third kappa shape index (κ3) is 52.2. The van der Waals surface area contributed by atoms with E-state index in [1.807, 2.05) is 0 Å². The van der Waals surface area contributed by atoms with E-state index in [1.165, 1.54) is 173 Å². The smallest absolute Gasteiger partial charge is 0.306 e. The van der Waals surface area contributed by atoms with Crippen molar-refractivity contribution in [1.82, 2.24) is 0 Å². The average Bonchev–Trinajstić information content (AvgIpc) is 3.30. The molecule has 0 spiro atoms. The van der Waals surface area contributed by atoms with Gasteiger partial charge in [-0.15, -0.1) is 0 Å². The predicted octanol–water partition coefficient (Wildman–Crippen LogP) is 18.9. The van der Waals surface area contributed by atoms with Gasteiger partial charge in [0.15, 0.2) is 6.10 Å². The highest BCUT2D eigenvalue weighted by Gasteiger charge is 2.17. The first-order valence-electron chi connectivity index (χ1n) is 27.8. The highest BCUT2D eigenvalue weighted by molar-refractivity contribution is 5.70. The summed E-state index contributed by atoms with van der Waals surface area (Å²) in [6, 6.07) is 0. The number of ether oxygens (including phenoxy) is 3. The first kappa shape index (κ1) is 61.6. The van der Waals surface area contributed by atoms with Gasteiger partial charge in [-0.1, -0.05) is 223 Å². The van der Waals surface area contributed by atoms with Gasteiger partial charge >= 0.3 is 11.9 Å². The molecule has 0 N–H and O–H groups in total. The Morgan fingerprint density at radius 2 is 0.703 bits per heavy atom. The Bertz CT molecular complexity index is 1100. The Labute approximate surface area is 398 Å². The van der Waals surface area contributed by atoms with E-state index in [4.69, 9.17) is 14.2 Å². The van der Waals surface area contributed by atoms with Gasteiger partial charge in [0.2, 0.25) is 0 Å². The van der Waals surface area contributed by atoms with E-state index < -0.39 is 6.10 Å². The van der Waals surface area contributed by atoms with Gasteiger partial charge in [-0.3, -0.25) is 9.59 Å². The minimum absolute atomic E-state index is 0.0740. The van der Waals surface area contributed by atoms with Gasteiger partial charge in [0.25, 0.3) is 0 Å². The molecule has 64 heavy (non-hydrogen) atoms. The van der Waals surface area contributed by atoms with Crippen molar-refractivity contribution in [1.29, 1.82) is 0 Å². The van der Waals surface area contributed by atoms with Crippen molar-refractivity contribution in [3.05, 3.63) is 60.8 Å². The van der Waals surface area contributed by atoms with Crippen LogP contribution in [0.25, 0.3) is 0 Å². The molecule has 0 rings (SSSR count). The second kappa shape index (κ2) is 54.9. The fourth-order valence-electron chi connectivity index (χ4n) is 7.87. The standard InChI is InChI=1S/C59H106O5/c1-4-7-10-13-16-19-22-25-28-30-32-34-37-40-43-46-49-52-58(60)63-56-57(55-62-54-51-48-45-42-39-36-33-29-26-23-20-17-14-11-8-5-2)64-59(61)53-50-47-44-41-38-35-31-27-24-21-18-15-12-9-6-3/h9,12,18,21,25-29,31,57H,4-8,10-11,13-17,19-20,22-24,30,32-56H2,1-3H3/b12-9-,21-18-,28-25-,29-26-,31-27-. The van der Waals surface area contributed by atoms with Gasteiger partial charge in [0.1, 0.15) is 6.61 Å². The molecule has 0 saturated carbocycles. The first-order chi connectivity index (χ1) is 31.6. The molecule has 0 aromatic carbocycles. The van der Waals surface area contributed by atoms with Crippen molar-refractivity contribution < 1.29 is 23.8 Å². The van der Waals surface area contributed by atoms with Gasteiger partial charge in [0.05, 0.1) is 6.61 Å². The zero-order valence-electron chi connectivity index (χ0n) is 42.8. The number of hydrogen-bond donors (Lipinski definition) is 0. The maximum absolute atomic E-state index is 12.8. The summed E-state index contributed by atoms with van der Waals surface area (Å²) in [4.78, 5) is 25.5. The average molecular weight is 895 g/mol. The molecular formula is C59H106O5. The number of allylic oxidation sites excluding steroid dienone is 10. The molecule has 0 saturated heterocycles. The molecular weight excluding hydrogens is 789 g/mol. The van der Waals surface area contributed by atoms with Crippen molar-refractivity contribution >= 4 is 11.9 Å². The molecule has 0 amide bonds. The van der Waals surface area contributed by atoms with E-state index in [0.717, 1.165) is 70.6 Å². The van der Waals surface area contributed by atoms with Crippen LogP contribution in [0.15, 0.2) is 60.8 Å². The zero-order chi connectivity index (χ0) is 46.3. The number of unbranched alkanes of at least 4 members (excludes halogenated alkanes) is 30. The van der Waals surface area contributed by atoms with Crippen LogP contribution in [0.1, 0.15) is 278 Å². The van der Waals surface area contributed by atoms with E-state index in [2.05, 4.69) is 81.5 Å². The summed E-state index contributed by atoms with van der Waals surface area (Å²) in [7, 11) is 0. The van der Waals surface area contributed by atoms with Crippen LogP contribution in [0.5, 0.6) is 0 Å². The number of carbonyl (C=O) groups is 2. The summed E-state index contributed by atoms with van der Waals surface area (Å²) in [6.45, 7) is 7.70. The van der Waals surface area contributed by atoms with Gasteiger partial charge in [-0.25, -0.2) is 0 Å². The Morgan fingerprint density at radius 1 is 0.359 bits per heavy atom. The van der Waals surface area contributed by atoms with Crippen LogP contribution in [-0.2, 0) is 23.8 Å². The minimum Gasteiger partial charge on any atom is -0.462 e. The number of hydrogen-bond acceptors (Lipinski definition) is 5. The summed E-state index contributed by atoms with van der Waals surface area (Å²) in [5.41, 5.74) is 0. The van der Waals surface area contributed by atoms with E-state index >= 15 is 0 Å². The Morgan fingerprint density at radius 3 is 1.14 bits per heavy atom. The first-order valence-corrected chi connectivity index (χ1v) is 27.8. The molecule has 0 radical (unpaired) electrons. The maximum Gasteiger partial charge on any atom is 0.306 e. The monoisotopic (exact) mass is 895 g/mol. The van der Waals surface area contributed by atoms with Crippen molar-refractivity contribution in [3.63, 3.8) is 0 Å². The van der Waals surface area contributed by atoms with E-state index in [0.29, 0.717) is 19.4 Å². The van der Waals surface area contributed by atoms with Gasteiger partial charge < -0.3 is 14.2 Å². The van der Waals surface area contributed by atoms with Crippen LogP contribution >= 0.6 is 0 Å². The van der Waals surface area contributed by atoms with Crippen molar-refractivity contribution in [2.24, 2.45) is 0 Å². The highest BCUT2D eigenvalue weighted by Crippen LogP contribution is 2.14. The fraction of sp³-hybridized carbons (Fsp3) is 0.797. The Hall–Kier alpha value is -2.40. The molecule has 372 valence electrons. The summed E-state index contributed by atoms with van der Waals surface area (Å²) in [5, 5.41) is 0. The number of carbonyl (C=O) groups excluding carboxylic acids is 2. The van der Waals surface area contributed by atoms with Crippen LogP contribution in [0.2, 0.25) is 0 Å². The van der Waals surface area contributed by atoms with E-state index in [-0.39, 0.29) is 25.2 Å². The van der Waals surface area contributed by atoms with Crippen LogP contribution in [0, 0.1) is 0 Å². The predicted molar refractivity (Wildman–Crippen MR) is 279 cm³/mol. The second-order valence-electron chi connectivity index (χ2n) is 18.4. The largest absolute Gasteiger partial charge is 0.462 e. The van der Waals surface area contributed by atoms with Crippen molar-refractivity contribution in [3.8, 4) is 0 Å². The fourth-order valence-corrected chi connectivity index (χ4v) is 7.87. The summed E-state index contributed by atoms with van der Waals surface area (Å²) in [6.07, 6.45) is 69.5. The molecule has 0 fully saturated rings. The third-order valence-electron chi connectivity index (χ3n) is 12.0.